The molecule has 0 aliphatic carbocycles. The van der Waals surface area contributed by atoms with Gasteiger partial charge in [0.2, 0.25) is 0 Å². The van der Waals surface area contributed by atoms with Crippen LogP contribution in [0.15, 0.2) is 101 Å². The van der Waals surface area contributed by atoms with Crippen LogP contribution in [0.25, 0.3) is 11.0 Å². The summed E-state index contributed by atoms with van der Waals surface area (Å²) < 4.78 is 110. The Bertz CT molecular complexity index is 2070. The molecule has 0 bridgehead atoms. The predicted octanol–water partition coefficient (Wildman–Crippen LogP) is 6.44. The smallest absolute Gasteiger partial charge is 0.337 e. The average Bonchev–Trinajstić information content (AvgIpc) is 2.92. The lowest BCUT2D eigenvalue weighted by Crippen LogP contribution is -2.17. The zero-order valence-corrected chi connectivity index (χ0v) is 23.6. The Labute approximate surface area is 243 Å². The van der Waals surface area contributed by atoms with Crippen LogP contribution in [0.3, 0.4) is 0 Å². The molecule has 1 aromatic heterocycles. The molecule has 0 radical (unpaired) electrons. The first-order valence-electron chi connectivity index (χ1n) is 12.3. The molecule has 0 aliphatic heterocycles. The van der Waals surface area contributed by atoms with Gasteiger partial charge in [0.15, 0.2) is 11.6 Å². The van der Waals surface area contributed by atoms with Gasteiger partial charge in [0, 0.05) is 11.4 Å². The van der Waals surface area contributed by atoms with Gasteiger partial charge in [-0.2, -0.15) is 13.2 Å². The molecule has 43 heavy (non-hydrogen) atoms. The largest absolute Gasteiger partial charge is 0.416 e. The number of benzene rings is 4. The maximum atomic E-state index is 13.6. The van der Waals surface area contributed by atoms with Crippen molar-refractivity contribution < 1.29 is 34.4 Å². The normalized spacial score (nSPS) is 12.2. The Balaban J connectivity index is 1.49. The van der Waals surface area contributed by atoms with Crippen molar-refractivity contribution in [2.45, 2.75) is 22.9 Å². The van der Waals surface area contributed by atoms with E-state index >= 15 is 0 Å². The van der Waals surface area contributed by atoms with E-state index in [2.05, 4.69) is 24.7 Å². The average molecular weight is 632 g/mol. The first-order valence-corrected chi connectivity index (χ1v) is 15.3. The number of nitrogens with one attached hydrogen (secondary N) is 3. The zero-order valence-electron chi connectivity index (χ0n) is 22.0. The second-order valence-electron chi connectivity index (χ2n) is 9.26. The second kappa shape index (κ2) is 11.1. The number of fused-ring (bicyclic) bond motifs is 1. The molecule has 0 saturated carbocycles. The van der Waals surface area contributed by atoms with E-state index in [0.717, 1.165) is 30.3 Å². The molecule has 15 heteroatoms. The number of halogens is 4. The van der Waals surface area contributed by atoms with E-state index in [9.17, 15) is 34.4 Å². The predicted molar refractivity (Wildman–Crippen MR) is 153 cm³/mol. The quantitative estimate of drug-likeness (QED) is 0.168. The summed E-state index contributed by atoms with van der Waals surface area (Å²) in [7, 11) is -8.61. The Morgan fingerprint density at radius 3 is 2.00 bits per heavy atom. The summed E-state index contributed by atoms with van der Waals surface area (Å²) in [6, 6.07) is 18.8. The van der Waals surface area contributed by atoms with E-state index in [-0.39, 0.29) is 38.4 Å². The number of anilines is 4. The molecule has 5 aromatic rings. The molecule has 0 fully saturated rings. The Morgan fingerprint density at radius 1 is 0.674 bits per heavy atom. The molecule has 4 aromatic carbocycles. The maximum absolute atomic E-state index is 13.6. The highest BCUT2D eigenvalue weighted by molar-refractivity contribution is 7.93. The number of aromatic nitrogens is 2. The van der Waals surface area contributed by atoms with Crippen molar-refractivity contribution in [2.24, 2.45) is 0 Å². The fourth-order valence-electron chi connectivity index (χ4n) is 4.11. The lowest BCUT2D eigenvalue weighted by atomic mass is 10.2. The summed E-state index contributed by atoms with van der Waals surface area (Å²) in [5, 5.41) is 2.87. The molecule has 0 unspecified atom stereocenters. The van der Waals surface area contributed by atoms with Gasteiger partial charge in [-0.05, 0) is 79.2 Å². The van der Waals surface area contributed by atoms with Gasteiger partial charge in [-0.3, -0.25) is 9.44 Å². The summed E-state index contributed by atoms with van der Waals surface area (Å²) in [4.78, 5) is 8.33. The van der Waals surface area contributed by atoms with Crippen LogP contribution in [-0.4, -0.2) is 26.8 Å². The number of hydrogen-bond acceptors (Lipinski definition) is 7. The zero-order chi connectivity index (χ0) is 31.0. The third-order valence-electron chi connectivity index (χ3n) is 6.08. The summed E-state index contributed by atoms with van der Waals surface area (Å²) in [5.41, 5.74) is -0.272. The first-order chi connectivity index (χ1) is 20.2. The number of aryl methyl sites for hydroxylation is 1. The summed E-state index contributed by atoms with van der Waals surface area (Å²) in [5.74, 6) is -0.915. The third-order valence-corrected chi connectivity index (χ3v) is 8.96. The number of rotatable bonds is 8. The number of nitrogens with zero attached hydrogens (tertiary/aromatic N) is 2. The standard InChI is InChI=1S/C28H21F4N5O4S2/c1-17-14-19(29)12-13-25(17)43(40,41)37-27-26(34-23-10-2-3-11-24(23)35-27)33-20-7-5-9-22(16-20)42(38,39)36-21-8-4-6-18(15-21)28(30,31)32/h2-16,36H,1H3,(H,33,34)(H,35,37). The highest BCUT2D eigenvalue weighted by atomic mass is 32.2. The van der Waals surface area contributed by atoms with Crippen molar-refractivity contribution in [2.75, 3.05) is 14.8 Å². The molecule has 5 rings (SSSR count). The summed E-state index contributed by atoms with van der Waals surface area (Å²) >= 11 is 0. The van der Waals surface area contributed by atoms with Crippen LogP contribution in [-0.2, 0) is 26.2 Å². The third kappa shape index (κ3) is 6.67. The van der Waals surface area contributed by atoms with Crippen LogP contribution in [0.2, 0.25) is 0 Å². The van der Waals surface area contributed by atoms with Gasteiger partial charge in [0.25, 0.3) is 20.0 Å². The topological polar surface area (TPSA) is 130 Å². The molecule has 0 amide bonds. The highest BCUT2D eigenvalue weighted by Crippen LogP contribution is 2.32. The SMILES string of the molecule is Cc1cc(F)ccc1S(=O)(=O)Nc1nc2ccccc2nc1Nc1cccc(S(=O)(=O)Nc2cccc(C(F)(F)F)c2)c1. The van der Waals surface area contributed by atoms with Gasteiger partial charge in [0.1, 0.15) is 5.82 Å². The lowest BCUT2D eigenvalue weighted by Gasteiger charge is -2.15. The van der Waals surface area contributed by atoms with Crippen LogP contribution in [0.4, 0.5) is 40.6 Å². The van der Waals surface area contributed by atoms with Crippen molar-refractivity contribution in [1.82, 2.24) is 9.97 Å². The molecular weight excluding hydrogens is 610 g/mol. The number of alkyl halides is 3. The van der Waals surface area contributed by atoms with E-state index in [1.807, 2.05) is 0 Å². The number of para-hydroxylation sites is 2. The van der Waals surface area contributed by atoms with Crippen LogP contribution in [0.5, 0.6) is 0 Å². The van der Waals surface area contributed by atoms with Gasteiger partial charge in [-0.15, -0.1) is 0 Å². The van der Waals surface area contributed by atoms with Gasteiger partial charge in [0.05, 0.1) is 26.4 Å². The van der Waals surface area contributed by atoms with E-state index in [1.54, 1.807) is 24.3 Å². The molecule has 1 heterocycles. The fraction of sp³-hybridized carbons (Fsp3) is 0.0714. The van der Waals surface area contributed by atoms with E-state index < -0.39 is 37.6 Å². The molecule has 0 aliphatic rings. The second-order valence-corrected chi connectivity index (χ2v) is 12.6. The lowest BCUT2D eigenvalue weighted by molar-refractivity contribution is -0.137. The van der Waals surface area contributed by atoms with Gasteiger partial charge in [-0.1, -0.05) is 24.3 Å². The molecule has 3 N–H and O–H groups in total. The number of hydrogen-bond donors (Lipinski definition) is 3. The van der Waals surface area contributed by atoms with Crippen molar-refractivity contribution in [3.63, 3.8) is 0 Å². The minimum Gasteiger partial charge on any atom is -0.337 e. The summed E-state index contributed by atoms with van der Waals surface area (Å²) in [6.45, 7) is 1.43. The first kappa shape index (κ1) is 29.7. The molecule has 9 nitrogen and oxygen atoms in total. The van der Waals surface area contributed by atoms with Crippen molar-refractivity contribution in [3.8, 4) is 0 Å². The van der Waals surface area contributed by atoms with E-state index in [0.29, 0.717) is 17.1 Å². The Kier molecular flexibility index (Phi) is 7.70. The summed E-state index contributed by atoms with van der Waals surface area (Å²) in [6.07, 6.45) is -4.67. The molecular formula is C28H21F4N5O4S2. The van der Waals surface area contributed by atoms with Crippen LogP contribution < -0.4 is 14.8 Å². The maximum Gasteiger partial charge on any atom is 0.416 e. The van der Waals surface area contributed by atoms with Crippen molar-refractivity contribution >= 4 is 54.1 Å². The minimum absolute atomic E-state index is 0.0811. The Hall–Kier alpha value is -4.76. The Morgan fingerprint density at radius 2 is 1.33 bits per heavy atom. The molecule has 0 spiro atoms. The van der Waals surface area contributed by atoms with Crippen molar-refractivity contribution in [3.05, 3.63) is 108 Å². The number of sulfonamides is 2. The van der Waals surface area contributed by atoms with Crippen molar-refractivity contribution in [1.29, 1.82) is 0 Å². The minimum atomic E-state index is -4.67. The monoisotopic (exact) mass is 631 g/mol. The van der Waals surface area contributed by atoms with Gasteiger partial charge < -0.3 is 5.32 Å². The fourth-order valence-corrected chi connectivity index (χ4v) is 6.44. The van der Waals surface area contributed by atoms with Crippen LogP contribution in [0, 0.1) is 12.7 Å². The molecule has 0 saturated heterocycles. The van der Waals surface area contributed by atoms with E-state index in [4.69, 9.17) is 0 Å². The molecule has 0 atom stereocenters. The van der Waals surface area contributed by atoms with E-state index in [1.165, 1.54) is 37.3 Å². The van der Waals surface area contributed by atoms with Crippen LogP contribution in [0.1, 0.15) is 11.1 Å². The van der Waals surface area contributed by atoms with Crippen LogP contribution >= 0.6 is 0 Å². The molecule has 222 valence electrons. The highest BCUT2D eigenvalue weighted by Gasteiger charge is 2.31. The van der Waals surface area contributed by atoms with Gasteiger partial charge in [-0.25, -0.2) is 31.2 Å². The van der Waals surface area contributed by atoms with Gasteiger partial charge >= 0.3 is 6.18 Å².